The van der Waals surface area contributed by atoms with Crippen molar-refractivity contribution >= 4 is 13.5 Å². The minimum atomic E-state index is 0. The van der Waals surface area contributed by atoms with Gasteiger partial charge in [0.25, 0.3) is 0 Å². The third-order valence-electron chi connectivity index (χ3n) is 3.46. The number of rotatable bonds is 13. The molecule has 0 aliphatic heterocycles. The normalized spacial score (nSPS) is 9.67. The zero-order chi connectivity index (χ0) is 11.9. The van der Waals surface area contributed by atoms with Gasteiger partial charge < -0.3 is 6.15 Å². The van der Waals surface area contributed by atoms with E-state index in [9.17, 15) is 0 Å². The van der Waals surface area contributed by atoms with E-state index in [1.807, 2.05) is 0 Å². The summed E-state index contributed by atoms with van der Waals surface area (Å²) in [4.78, 5) is 0. The quantitative estimate of drug-likeness (QED) is 0.371. The Labute approximate surface area is 124 Å². The van der Waals surface area contributed by atoms with Crippen LogP contribution in [0.15, 0.2) is 0 Å². The molecule has 0 saturated carbocycles. The van der Waals surface area contributed by atoms with Gasteiger partial charge in [0, 0.05) is 0 Å². The third kappa shape index (κ3) is 21.6. The molecule has 0 aromatic heterocycles. The van der Waals surface area contributed by atoms with Crippen LogP contribution in [0.1, 0.15) is 104 Å². The summed E-state index contributed by atoms with van der Waals surface area (Å²) in [5.74, 6) is 0. The van der Waals surface area contributed by atoms with E-state index in [0.717, 1.165) is 0 Å². The Morgan fingerprint density at radius 2 is 0.556 bits per heavy atom. The second-order valence-corrected chi connectivity index (χ2v) is 5.24. The molecule has 0 amide bonds. The lowest BCUT2D eigenvalue weighted by atomic mass is 10.0. The number of unbranched alkanes of at least 4 members (excludes halogenated alkanes) is 13. The third-order valence-corrected chi connectivity index (χ3v) is 3.46. The molecule has 0 aromatic rings. The molecule has 0 radical (unpaired) electrons. The first-order chi connectivity index (χ1) is 7.91. The summed E-state index contributed by atoms with van der Waals surface area (Å²) < 4.78 is 0. The summed E-state index contributed by atoms with van der Waals surface area (Å²) in [6, 6.07) is 0. The molecular formula is C16H39NS. The highest BCUT2D eigenvalue weighted by atomic mass is 32.1. The molecule has 0 rings (SSSR count). The maximum absolute atomic E-state index is 2.29. The van der Waals surface area contributed by atoms with Gasteiger partial charge in [-0.3, -0.25) is 0 Å². The maximum atomic E-state index is 2.29. The van der Waals surface area contributed by atoms with Gasteiger partial charge in [0.15, 0.2) is 0 Å². The SMILES string of the molecule is CCCCCCCCCCCCCCCC.N.S. The summed E-state index contributed by atoms with van der Waals surface area (Å²) in [5, 5.41) is 0. The first kappa shape index (κ1) is 23.4. The molecule has 2 heteroatoms. The van der Waals surface area contributed by atoms with Gasteiger partial charge in [0.05, 0.1) is 0 Å². The fraction of sp³-hybridized carbons (Fsp3) is 1.00. The van der Waals surface area contributed by atoms with Crippen LogP contribution in [0.3, 0.4) is 0 Å². The van der Waals surface area contributed by atoms with E-state index in [-0.39, 0.29) is 19.6 Å². The Morgan fingerprint density at radius 3 is 0.722 bits per heavy atom. The first-order valence-electron chi connectivity index (χ1n) is 7.91. The molecule has 3 N–H and O–H groups in total. The topological polar surface area (TPSA) is 35.0 Å². The van der Waals surface area contributed by atoms with Gasteiger partial charge in [-0.25, -0.2) is 0 Å². The molecule has 0 aromatic carbocycles. The highest BCUT2D eigenvalue weighted by Gasteiger charge is 1.92. The average Bonchev–Trinajstić information content (AvgIpc) is 2.31. The lowest BCUT2D eigenvalue weighted by molar-refractivity contribution is 0.538. The summed E-state index contributed by atoms with van der Waals surface area (Å²) in [7, 11) is 0. The van der Waals surface area contributed by atoms with Gasteiger partial charge in [-0.05, 0) is 0 Å². The molecule has 0 aliphatic carbocycles. The molecular weight excluding hydrogens is 238 g/mol. The predicted octanol–water partition coefficient (Wildman–Crippen LogP) is 6.76. The molecule has 0 spiro atoms. The fourth-order valence-electron chi connectivity index (χ4n) is 2.27. The highest BCUT2D eigenvalue weighted by molar-refractivity contribution is 7.59. The van der Waals surface area contributed by atoms with Crippen LogP contribution in [0.25, 0.3) is 0 Å². The Bertz CT molecular complexity index is 104. The fourth-order valence-corrected chi connectivity index (χ4v) is 2.27. The molecule has 114 valence electrons. The zero-order valence-electron chi connectivity index (χ0n) is 13.1. The Morgan fingerprint density at radius 1 is 0.389 bits per heavy atom. The molecule has 0 aliphatic rings. The van der Waals surface area contributed by atoms with Crippen molar-refractivity contribution in [3.8, 4) is 0 Å². The Kier molecular flexibility index (Phi) is 29.2. The van der Waals surface area contributed by atoms with Crippen molar-refractivity contribution in [2.75, 3.05) is 0 Å². The van der Waals surface area contributed by atoms with Crippen LogP contribution in [0.5, 0.6) is 0 Å². The summed E-state index contributed by atoms with van der Waals surface area (Å²) in [6.45, 7) is 4.58. The van der Waals surface area contributed by atoms with Crippen molar-refractivity contribution in [1.82, 2.24) is 6.15 Å². The smallest absolute Gasteiger partial charge is 0.0533 e. The van der Waals surface area contributed by atoms with Gasteiger partial charge in [0.2, 0.25) is 0 Å². The van der Waals surface area contributed by atoms with Crippen molar-refractivity contribution in [1.29, 1.82) is 0 Å². The van der Waals surface area contributed by atoms with E-state index >= 15 is 0 Å². The Hall–Kier alpha value is 0.310. The van der Waals surface area contributed by atoms with Gasteiger partial charge in [-0.1, -0.05) is 104 Å². The molecule has 1 nitrogen and oxygen atoms in total. The van der Waals surface area contributed by atoms with E-state index in [1.165, 1.54) is 89.9 Å². The van der Waals surface area contributed by atoms with Gasteiger partial charge in [-0.2, -0.15) is 13.5 Å². The van der Waals surface area contributed by atoms with E-state index in [1.54, 1.807) is 0 Å². The largest absolute Gasteiger partial charge is 0.344 e. The lowest BCUT2D eigenvalue weighted by Crippen LogP contribution is -1.82. The summed E-state index contributed by atoms with van der Waals surface area (Å²) in [5.41, 5.74) is 0. The van der Waals surface area contributed by atoms with Crippen LogP contribution < -0.4 is 6.15 Å². The molecule has 0 unspecified atom stereocenters. The molecule has 0 fully saturated rings. The second-order valence-electron chi connectivity index (χ2n) is 5.24. The van der Waals surface area contributed by atoms with Crippen LogP contribution in [-0.2, 0) is 0 Å². The molecule has 0 heterocycles. The molecule has 0 bridgehead atoms. The average molecular weight is 278 g/mol. The second kappa shape index (κ2) is 22.5. The highest BCUT2D eigenvalue weighted by Crippen LogP contribution is 2.12. The molecule has 0 atom stereocenters. The maximum Gasteiger partial charge on any atom is -0.0533 e. The van der Waals surface area contributed by atoms with Crippen LogP contribution >= 0.6 is 13.5 Å². The summed E-state index contributed by atoms with van der Waals surface area (Å²) >= 11 is 0. The lowest BCUT2D eigenvalue weighted by Gasteiger charge is -2.02. The molecule has 0 saturated heterocycles. The minimum Gasteiger partial charge on any atom is -0.344 e. The monoisotopic (exact) mass is 277 g/mol. The van der Waals surface area contributed by atoms with E-state index in [0.29, 0.717) is 0 Å². The van der Waals surface area contributed by atoms with Crippen LogP contribution in [0.2, 0.25) is 0 Å². The van der Waals surface area contributed by atoms with Gasteiger partial charge >= 0.3 is 0 Å². The first-order valence-corrected chi connectivity index (χ1v) is 7.91. The Balaban J connectivity index is -0.00000112. The van der Waals surface area contributed by atoms with Crippen molar-refractivity contribution in [3.05, 3.63) is 0 Å². The summed E-state index contributed by atoms with van der Waals surface area (Å²) in [6.07, 6.45) is 20.4. The van der Waals surface area contributed by atoms with Crippen molar-refractivity contribution in [3.63, 3.8) is 0 Å². The standard InChI is InChI=1S/C16H34.H3N.H2S/c1-3-5-7-9-11-13-15-16-14-12-10-8-6-4-2;;/h3-16H2,1-2H3;1H3;1H2. The van der Waals surface area contributed by atoms with E-state index in [2.05, 4.69) is 13.8 Å². The van der Waals surface area contributed by atoms with Crippen LogP contribution in [0.4, 0.5) is 0 Å². The minimum absolute atomic E-state index is 0. The number of hydrogen-bond acceptors (Lipinski definition) is 1. The van der Waals surface area contributed by atoms with Gasteiger partial charge in [0.1, 0.15) is 0 Å². The predicted molar refractivity (Wildman–Crippen MR) is 91.4 cm³/mol. The van der Waals surface area contributed by atoms with Crippen molar-refractivity contribution in [2.45, 2.75) is 104 Å². The van der Waals surface area contributed by atoms with E-state index in [4.69, 9.17) is 0 Å². The molecule has 18 heavy (non-hydrogen) atoms. The zero-order valence-corrected chi connectivity index (χ0v) is 14.1. The van der Waals surface area contributed by atoms with E-state index < -0.39 is 0 Å². The van der Waals surface area contributed by atoms with Crippen molar-refractivity contribution in [2.24, 2.45) is 0 Å². The van der Waals surface area contributed by atoms with Crippen LogP contribution in [0, 0.1) is 0 Å². The van der Waals surface area contributed by atoms with Gasteiger partial charge in [-0.15, -0.1) is 0 Å². The number of hydrogen-bond donors (Lipinski definition) is 1. The van der Waals surface area contributed by atoms with Crippen LogP contribution in [-0.4, -0.2) is 0 Å². The van der Waals surface area contributed by atoms with Crippen molar-refractivity contribution < 1.29 is 0 Å².